The van der Waals surface area contributed by atoms with Gasteiger partial charge in [0.25, 0.3) is 5.91 Å². The monoisotopic (exact) mass is 882 g/mol. The minimum absolute atomic E-state index is 0.112. The third-order valence-electron chi connectivity index (χ3n) is 12.5. The number of rotatable bonds is 28. The molecule has 64 heavy (non-hydrogen) atoms. The quantitative estimate of drug-likeness (QED) is 0.0518. The highest BCUT2D eigenvalue weighted by Crippen LogP contribution is 2.37. The summed E-state index contributed by atoms with van der Waals surface area (Å²) in [5.41, 5.74) is 5.69. The number of benzene rings is 2. The van der Waals surface area contributed by atoms with E-state index in [0.29, 0.717) is 63.5 Å². The minimum atomic E-state index is -0.744. The molecule has 0 radical (unpaired) electrons. The maximum atomic E-state index is 13.7. The Kier molecular flexibility index (Phi) is 21.6. The van der Waals surface area contributed by atoms with Crippen LogP contribution in [-0.4, -0.2) is 98.8 Å². The van der Waals surface area contributed by atoms with Gasteiger partial charge in [0.1, 0.15) is 5.75 Å². The molecule has 3 aromatic rings. The zero-order valence-corrected chi connectivity index (χ0v) is 39.0. The summed E-state index contributed by atoms with van der Waals surface area (Å²) in [5.74, 6) is 0.944. The molecule has 350 valence electrons. The highest BCUT2D eigenvalue weighted by molar-refractivity contribution is 5.95. The van der Waals surface area contributed by atoms with Crippen LogP contribution in [0.2, 0.25) is 0 Å². The van der Waals surface area contributed by atoms with Gasteiger partial charge < -0.3 is 44.9 Å². The maximum Gasteiger partial charge on any atom is 0.303 e. The summed E-state index contributed by atoms with van der Waals surface area (Å²) in [6.07, 6.45) is 19.3. The molecule has 0 bridgehead atoms. The van der Waals surface area contributed by atoms with Crippen molar-refractivity contribution >= 4 is 23.3 Å². The molecule has 12 nitrogen and oxygen atoms in total. The van der Waals surface area contributed by atoms with Crippen molar-refractivity contribution in [2.75, 3.05) is 71.7 Å². The average Bonchev–Trinajstić information content (AvgIpc) is 3.30. The SMILES string of the molecule is CCC1/C=C(/c2ccncc2)N/C(C2(Nc3cccc(C(=O)NC(C)c4ccc(OCCCCCCOCCOCCOCCCCCC(=O)O)cc4)c3)CCN(C)CC2)=C/CC1C. The second-order valence-electron chi connectivity index (χ2n) is 17.5. The third kappa shape index (κ3) is 17.0. The Morgan fingerprint density at radius 3 is 2.16 bits per heavy atom. The number of amides is 1. The summed E-state index contributed by atoms with van der Waals surface area (Å²) < 4.78 is 22.8. The summed E-state index contributed by atoms with van der Waals surface area (Å²) in [5, 5.41) is 19.8. The standard InChI is InChI=1S/C52H75N5O7/c1-5-42-39-48(44-23-27-53-28-24-44)55-49(22-17-40(42)2)52(25-29-57(4)30-26-52)56-46-15-13-14-45(38-46)51(60)54-41(3)43-18-20-47(21-19-43)64-33-12-7-6-10-31-61-34-36-63-37-35-62-32-11-8-9-16-50(58)59/h13-15,18-24,27-28,38-42,55-56H,5-12,16-17,25-26,29-37H2,1-4H3,(H,54,60)(H,58,59)/b48-39-,49-22+. The van der Waals surface area contributed by atoms with E-state index in [2.05, 4.69) is 77.1 Å². The summed E-state index contributed by atoms with van der Waals surface area (Å²) in [6, 6.07) is 19.9. The predicted molar refractivity (Wildman–Crippen MR) is 255 cm³/mol. The molecule has 2 aliphatic rings. The zero-order valence-electron chi connectivity index (χ0n) is 39.0. The molecule has 1 fully saturated rings. The Labute approximate surface area is 382 Å². The number of nitrogens with one attached hydrogen (secondary N) is 3. The van der Waals surface area contributed by atoms with Crippen molar-refractivity contribution in [3.05, 3.63) is 108 Å². The van der Waals surface area contributed by atoms with Crippen LogP contribution in [0.25, 0.3) is 5.70 Å². The molecular formula is C52H75N5O7. The van der Waals surface area contributed by atoms with Crippen LogP contribution in [0.1, 0.15) is 125 Å². The second kappa shape index (κ2) is 27.5. The number of hydrogen-bond acceptors (Lipinski definition) is 10. The lowest BCUT2D eigenvalue weighted by molar-refractivity contribution is -0.137. The largest absolute Gasteiger partial charge is 0.494 e. The number of anilines is 1. The number of piperidine rings is 1. The van der Waals surface area contributed by atoms with Gasteiger partial charge in [-0.3, -0.25) is 14.6 Å². The van der Waals surface area contributed by atoms with E-state index in [0.717, 1.165) is 112 Å². The number of hydrogen-bond donors (Lipinski definition) is 4. The smallest absolute Gasteiger partial charge is 0.303 e. The van der Waals surface area contributed by atoms with Crippen LogP contribution >= 0.6 is 0 Å². The van der Waals surface area contributed by atoms with Crippen molar-refractivity contribution < 1.29 is 33.6 Å². The Hall–Kier alpha value is -4.75. The molecule has 0 saturated carbocycles. The van der Waals surface area contributed by atoms with Crippen LogP contribution in [0.4, 0.5) is 5.69 Å². The Bertz CT molecular complexity index is 1880. The fraction of sp³-hybridized carbons (Fsp3) is 0.558. The van der Waals surface area contributed by atoms with Crippen molar-refractivity contribution in [2.45, 2.75) is 109 Å². The van der Waals surface area contributed by atoms with Crippen molar-refractivity contribution in [2.24, 2.45) is 11.8 Å². The average molecular weight is 882 g/mol. The number of allylic oxidation sites excluding steroid dienone is 2. The second-order valence-corrected chi connectivity index (χ2v) is 17.5. The van der Waals surface area contributed by atoms with Crippen molar-refractivity contribution in [1.82, 2.24) is 20.5 Å². The fourth-order valence-corrected chi connectivity index (χ4v) is 8.37. The van der Waals surface area contributed by atoms with E-state index in [1.54, 1.807) is 0 Å². The first-order valence-corrected chi connectivity index (χ1v) is 23.8. The lowest BCUT2D eigenvalue weighted by atomic mass is 9.80. The highest BCUT2D eigenvalue weighted by atomic mass is 16.5. The number of likely N-dealkylation sites (tertiary alicyclic amines) is 1. The number of carbonyl (C=O) groups excluding carboxylic acids is 1. The number of ether oxygens (including phenoxy) is 4. The van der Waals surface area contributed by atoms with E-state index in [9.17, 15) is 9.59 Å². The zero-order chi connectivity index (χ0) is 45.4. The molecule has 4 N–H and O–H groups in total. The Morgan fingerprint density at radius 1 is 0.859 bits per heavy atom. The Balaban J connectivity index is 1.02. The molecule has 2 aromatic carbocycles. The number of carboxylic acids is 1. The van der Waals surface area contributed by atoms with Crippen molar-refractivity contribution in [1.29, 1.82) is 0 Å². The molecule has 2 aliphatic heterocycles. The highest BCUT2D eigenvalue weighted by Gasteiger charge is 2.39. The van der Waals surface area contributed by atoms with Crippen molar-refractivity contribution in [3.8, 4) is 5.75 Å². The molecular weight excluding hydrogens is 807 g/mol. The molecule has 3 atom stereocenters. The summed E-state index contributed by atoms with van der Waals surface area (Å²) in [6.45, 7) is 12.8. The number of carbonyl (C=O) groups is 2. The number of unbranched alkanes of at least 4 members (excludes halogenated alkanes) is 5. The predicted octanol–water partition coefficient (Wildman–Crippen LogP) is 9.66. The van der Waals surface area contributed by atoms with Crippen LogP contribution in [0.3, 0.4) is 0 Å². The molecule has 12 heteroatoms. The van der Waals surface area contributed by atoms with E-state index in [-0.39, 0.29) is 23.9 Å². The molecule has 5 rings (SSSR count). The number of nitrogens with zero attached hydrogens (tertiary/aromatic N) is 2. The van der Waals surface area contributed by atoms with Gasteiger partial charge in [0.2, 0.25) is 0 Å². The fourth-order valence-electron chi connectivity index (χ4n) is 8.37. The lowest BCUT2D eigenvalue weighted by Gasteiger charge is -2.45. The van der Waals surface area contributed by atoms with Crippen LogP contribution in [0, 0.1) is 11.8 Å². The van der Waals surface area contributed by atoms with E-state index in [4.69, 9.17) is 24.1 Å². The number of aliphatic carboxylic acids is 1. The molecule has 0 aliphatic carbocycles. The molecule has 1 aromatic heterocycles. The number of aromatic nitrogens is 1. The van der Waals surface area contributed by atoms with Gasteiger partial charge in [-0.2, -0.15) is 0 Å². The normalized spacial score (nSPS) is 19.8. The van der Waals surface area contributed by atoms with Gasteiger partial charge in [0, 0.05) is 73.3 Å². The molecule has 1 amide bonds. The van der Waals surface area contributed by atoms with E-state index in [1.807, 2.05) is 61.8 Å². The van der Waals surface area contributed by atoms with E-state index < -0.39 is 5.97 Å². The first-order chi connectivity index (χ1) is 31.2. The molecule has 3 heterocycles. The van der Waals surface area contributed by atoms with Gasteiger partial charge in [0.05, 0.1) is 44.6 Å². The first kappa shape index (κ1) is 50.3. The van der Waals surface area contributed by atoms with Crippen LogP contribution in [0.5, 0.6) is 5.75 Å². The lowest BCUT2D eigenvalue weighted by Crippen LogP contribution is -2.52. The van der Waals surface area contributed by atoms with E-state index >= 15 is 0 Å². The van der Waals surface area contributed by atoms with Crippen LogP contribution in [-0.2, 0) is 19.0 Å². The van der Waals surface area contributed by atoms with Gasteiger partial charge in [-0.1, -0.05) is 57.0 Å². The summed E-state index contributed by atoms with van der Waals surface area (Å²) in [4.78, 5) is 30.9. The summed E-state index contributed by atoms with van der Waals surface area (Å²) >= 11 is 0. The maximum absolute atomic E-state index is 13.7. The first-order valence-electron chi connectivity index (χ1n) is 23.8. The Morgan fingerprint density at radius 2 is 1.50 bits per heavy atom. The van der Waals surface area contributed by atoms with Gasteiger partial charge >= 0.3 is 5.97 Å². The van der Waals surface area contributed by atoms with Gasteiger partial charge in [-0.25, -0.2) is 0 Å². The van der Waals surface area contributed by atoms with Gasteiger partial charge in [-0.05, 0) is 132 Å². The minimum Gasteiger partial charge on any atom is -0.494 e. The molecule has 0 spiro atoms. The topological polar surface area (TPSA) is 144 Å². The van der Waals surface area contributed by atoms with E-state index in [1.165, 1.54) is 5.70 Å². The van der Waals surface area contributed by atoms with Crippen LogP contribution < -0.4 is 20.7 Å². The number of carboxylic acid groups (broad SMARTS) is 1. The summed E-state index contributed by atoms with van der Waals surface area (Å²) in [7, 11) is 2.19. The van der Waals surface area contributed by atoms with Gasteiger partial charge in [-0.15, -0.1) is 0 Å². The van der Waals surface area contributed by atoms with Crippen molar-refractivity contribution in [3.63, 3.8) is 0 Å². The number of pyridine rings is 1. The third-order valence-corrected chi connectivity index (χ3v) is 12.5. The van der Waals surface area contributed by atoms with Crippen LogP contribution in [0.15, 0.2) is 90.9 Å². The van der Waals surface area contributed by atoms with Gasteiger partial charge in [0.15, 0.2) is 0 Å². The molecule has 1 saturated heterocycles. The molecule has 3 unspecified atom stereocenters.